The summed E-state index contributed by atoms with van der Waals surface area (Å²) in [7, 11) is 0. The maximum Gasteiger partial charge on any atom is 0.303 e. The third-order valence-electron chi connectivity index (χ3n) is 1.73. The number of carboxylic acid groups (broad SMARTS) is 1. The monoisotopic (exact) mass is 190 g/mol. The van der Waals surface area contributed by atoms with Gasteiger partial charge in [-0.1, -0.05) is 0 Å². The van der Waals surface area contributed by atoms with Crippen molar-refractivity contribution in [1.82, 2.24) is 4.90 Å². The Morgan fingerprint density at radius 2 is 2.00 bits per heavy atom. The van der Waals surface area contributed by atoms with Gasteiger partial charge in [-0.3, -0.25) is 9.69 Å². The first-order valence-electron chi connectivity index (χ1n) is 4.45. The van der Waals surface area contributed by atoms with Crippen LogP contribution in [0.5, 0.6) is 0 Å². The Morgan fingerprint density at radius 3 is 2.46 bits per heavy atom. The van der Waals surface area contributed by atoms with E-state index in [1.165, 1.54) is 0 Å². The van der Waals surface area contributed by atoms with Crippen molar-refractivity contribution in [2.24, 2.45) is 5.73 Å². The predicted molar refractivity (Wildman–Crippen MR) is 49.5 cm³/mol. The van der Waals surface area contributed by atoms with Crippen LogP contribution in [0.1, 0.15) is 12.8 Å². The van der Waals surface area contributed by atoms with Crippen LogP contribution in [0, 0.1) is 0 Å². The smallest absolute Gasteiger partial charge is 0.303 e. The molecule has 0 aromatic rings. The van der Waals surface area contributed by atoms with E-state index in [4.69, 9.17) is 15.9 Å². The molecule has 0 spiro atoms. The molecule has 0 fully saturated rings. The lowest BCUT2D eigenvalue weighted by Gasteiger charge is -2.19. The van der Waals surface area contributed by atoms with E-state index >= 15 is 0 Å². The van der Waals surface area contributed by atoms with Gasteiger partial charge in [0.15, 0.2) is 0 Å². The topological polar surface area (TPSA) is 86.8 Å². The van der Waals surface area contributed by atoms with Crippen LogP contribution in [0.15, 0.2) is 0 Å². The van der Waals surface area contributed by atoms with Gasteiger partial charge < -0.3 is 15.9 Å². The van der Waals surface area contributed by atoms with Gasteiger partial charge in [0.1, 0.15) is 0 Å². The Hall–Kier alpha value is -0.650. The summed E-state index contributed by atoms with van der Waals surface area (Å²) in [5.41, 5.74) is 5.35. The molecule has 0 aromatic carbocycles. The Labute approximate surface area is 78.1 Å². The van der Waals surface area contributed by atoms with Gasteiger partial charge in [-0.2, -0.15) is 0 Å². The van der Waals surface area contributed by atoms with Gasteiger partial charge in [0.05, 0.1) is 6.61 Å². The minimum atomic E-state index is -0.781. The molecule has 13 heavy (non-hydrogen) atoms. The molecule has 0 aliphatic rings. The molecular weight excluding hydrogens is 172 g/mol. The molecule has 0 aliphatic carbocycles. The van der Waals surface area contributed by atoms with E-state index in [0.717, 1.165) is 0 Å². The number of carboxylic acids is 1. The van der Waals surface area contributed by atoms with Crippen molar-refractivity contribution >= 4 is 5.97 Å². The molecule has 0 saturated heterocycles. The van der Waals surface area contributed by atoms with Crippen molar-refractivity contribution in [3.05, 3.63) is 0 Å². The quantitative estimate of drug-likeness (QED) is 0.462. The van der Waals surface area contributed by atoms with Gasteiger partial charge in [-0.15, -0.1) is 0 Å². The molecule has 0 saturated carbocycles. The second-order valence-corrected chi connectivity index (χ2v) is 2.85. The first-order valence-corrected chi connectivity index (χ1v) is 4.45. The zero-order valence-corrected chi connectivity index (χ0v) is 7.78. The predicted octanol–water partition coefficient (Wildman–Crippen LogP) is -0.896. The molecule has 0 aromatic heterocycles. The highest BCUT2D eigenvalue weighted by atomic mass is 16.4. The molecule has 0 aliphatic heterocycles. The molecule has 0 unspecified atom stereocenters. The fourth-order valence-electron chi connectivity index (χ4n) is 1.11. The molecular formula is C8H18N2O3. The lowest BCUT2D eigenvalue weighted by molar-refractivity contribution is -0.137. The van der Waals surface area contributed by atoms with Crippen LogP contribution >= 0.6 is 0 Å². The van der Waals surface area contributed by atoms with Crippen molar-refractivity contribution in [2.45, 2.75) is 12.8 Å². The first-order chi connectivity index (χ1) is 6.20. The van der Waals surface area contributed by atoms with Crippen LogP contribution in [0.4, 0.5) is 0 Å². The normalized spacial score (nSPS) is 10.7. The number of hydrogen-bond donors (Lipinski definition) is 3. The van der Waals surface area contributed by atoms with E-state index in [1.54, 1.807) is 0 Å². The number of nitrogens with zero attached hydrogens (tertiary/aromatic N) is 1. The van der Waals surface area contributed by atoms with E-state index in [9.17, 15) is 4.79 Å². The minimum absolute atomic E-state index is 0.0903. The molecule has 0 heterocycles. The number of aliphatic hydroxyl groups is 1. The van der Waals surface area contributed by atoms with Crippen molar-refractivity contribution in [3.63, 3.8) is 0 Å². The third-order valence-corrected chi connectivity index (χ3v) is 1.73. The Morgan fingerprint density at radius 1 is 1.31 bits per heavy atom. The lowest BCUT2D eigenvalue weighted by Crippen LogP contribution is -2.33. The van der Waals surface area contributed by atoms with Crippen LogP contribution in [0.3, 0.4) is 0 Å². The summed E-state index contributed by atoms with van der Waals surface area (Å²) < 4.78 is 0. The summed E-state index contributed by atoms with van der Waals surface area (Å²) in [5, 5.41) is 17.1. The molecule has 0 amide bonds. The average Bonchev–Trinajstić information content (AvgIpc) is 2.04. The van der Waals surface area contributed by atoms with E-state index in [1.807, 2.05) is 4.90 Å². The molecule has 0 atom stereocenters. The van der Waals surface area contributed by atoms with Gasteiger partial charge in [0.2, 0.25) is 0 Å². The summed E-state index contributed by atoms with van der Waals surface area (Å²) in [4.78, 5) is 12.2. The summed E-state index contributed by atoms with van der Waals surface area (Å²) in [5.74, 6) is -0.781. The number of nitrogens with two attached hydrogens (primary N) is 1. The highest BCUT2D eigenvalue weighted by Crippen LogP contribution is 1.94. The molecule has 78 valence electrons. The van der Waals surface area contributed by atoms with Gasteiger partial charge in [-0.05, 0) is 13.0 Å². The minimum Gasteiger partial charge on any atom is -0.481 e. The van der Waals surface area contributed by atoms with Crippen molar-refractivity contribution in [2.75, 3.05) is 32.8 Å². The Kier molecular flexibility index (Phi) is 7.57. The number of aliphatic carboxylic acids is 1. The molecule has 0 bridgehead atoms. The van der Waals surface area contributed by atoms with Gasteiger partial charge in [0.25, 0.3) is 0 Å². The molecule has 4 N–H and O–H groups in total. The van der Waals surface area contributed by atoms with Crippen molar-refractivity contribution in [1.29, 1.82) is 0 Å². The summed E-state index contributed by atoms with van der Waals surface area (Å²) in [6.07, 6.45) is 0.780. The Bertz CT molecular complexity index is 135. The number of rotatable bonds is 8. The SMILES string of the molecule is NCCN(CCO)CCCC(=O)O. The average molecular weight is 190 g/mol. The lowest BCUT2D eigenvalue weighted by atomic mass is 10.3. The fourth-order valence-corrected chi connectivity index (χ4v) is 1.11. The van der Waals surface area contributed by atoms with Crippen molar-refractivity contribution < 1.29 is 15.0 Å². The van der Waals surface area contributed by atoms with E-state index in [0.29, 0.717) is 32.6 Å². The number of carbonyl (C=O) groups is 1. The number of aliphatic hydroxyl groups excluding tert-OH is 1. The first kappa shape index (κ1) is 12.3. The van der Waals surface area contributed by atoms with Crippen LogP contribution in [0.25, 0.3) is 0 Å². The van der Waals surface area contributed by atoms with E-state index in [2.05, 4.69) is 0 Å². The maximum absolute atomic E-state index is 10.2. The largest absolute Gasteiger partial charge is 0.481 e. The Balaban J connectivity index is 3.49. The van der Waals surface area contributed by atoms with E-state index in [-0.39, 0.29) is 13.0 Å². The zero-order chi connectivity index (χ0) is 10.1. The standard InChI is InChI=1S/C8H18N2O3/c9-3-5-10(6-7-11)4-1-2-8(12)13/h11H,1-7,9H2,(H,12,13). The zero-order valence-electron chi connectivity index (χ0n) is 7.78. The van der Waals surface area contributed by atoms with Crippen LogP contribution in [-0.2, 0) is 4.79 Å². The van der Waals surface area contributed by atoms with Gasteiger partial charge in [-0.25, -0.2) is 0 Å². The third kappa shape index (κ3) is 7.70. The highest BCUT2D eigenvalue weighted by molar-refractivity contribution is 5.66. The molecule has 0 radical (unpaired) electrons. The summed E-state index contributed by atoms with van der Waals surface area (Å²) in [6.45, 7) is 2.58. The molecule has 0 rings (SSSR count). The van der Waals surface area contributed by atoms with Crippen LogP contribution < -0.4 is 5.73 Å². The van der Waals surface area contributed by atoms with Crippen LogP contribution in [0.2, 0.25) is 0 Å². The highest BCUT2D eigenvalue weighted by Gasteiger charge is 2.03. The maximum atomic E-state index is 10.2. The van der Waals surface area contributed by atoms with Gasteiger partial charge >= 0.3 is 5.97 Å². The molecule has 5 heteroatoms. The number of hydrogen-bond acceptors (Lipinski definition) is 4. The molecule has 5 nitrogen and oxygen atoms in total. The second kappa shape index (κ2) is 7.97. The second-order valence-electron chi connectivity index (χ2n) is 2.85. The van der Waals surface area contributed by atoms with Gasteiger partial charge in [0, 0.05) is 26.1 Å². The summed E-state index contributed by atoms with van der Waals surface area (Å²) in [6, 6.07) is 0. The fraction of sp³-hybridized carbons (Fsp3) is 0.875. The van der Waals surface area contributed by atoms with Crippen LogP contribution in [-0.4, -0.2) is 53.9 Å². The van der Waals surface area contributed by atoms with E-state index < -0.39 is 5.97 Å². The summed E-state index contributed by atoms with van der Waals surface area (Å²) >= 11 is 0. The van der Waals surface area contributed by atoms with Crippen molar-refractivity contribution in [3.8, 4) is 0 Å².